The van der Waals surface area contributed by atoms with Gasteiger partial charge >= 0.3 is 0 Å². The van der Waals surface area contributed by atoms with Gasteiger partial charge in [0.25, 0.3) is 10.0 Å². The van der Waals surface area contributed by atoms with Gasteiger partial charge in [0.05, 0.1) is 22.8 Å². The molecular weight excluding hydrogens is 351 g/mol. The first kappa shape index (κ1) is 14.8. The Morgan fingerprint density at radius 1 is 1.40 bits per heavy atom. The van der Waals surface area contributed by atoms with Crippen molar-refractivity contribution in [3.63, 3.8) is 0 Å². The molecule has 0 amide bonds. The number of nitrogens with one attached hydrogen (secondary N) is 2. The second-order valence-electron chi connectivity index (χ2n) is 4.22. The highest BCUT2D eigenvalue weighted by atomic mass is 79.9. The molecule has 1 aromatic carbocycles. The number of aromatic amines is 1. The molecule has 0 bridgehead atoms. The number of nitrogen functional groups attached to an aromatic ring is 1. The smallest absolute Gasteiger partial charge is 0.263 e. The zero-order valence-electron chi connectivity index (χ0n) is 10.7. The molecular formula is C11H12BrFN4O2S. The van der Waals surface area contributed by atoms with E-state index in [4.69, 9.17) is 5.73 Å². The van der Waals surface area contributed by atoms with Crippen molar-refractivity contribution in [3.05, 3.63) is 33.8 Å². The van der Waals surface area contributed by atoms with Crippen LogP contribution in [0.2, 0.25) is 0 Å². The van der Waals surface area contributed by atoms with Crippen LogP contribution in [-0.4, -0.2) is 18.6 Å². The van der Waals surface area contributed by atoms with Crippen molar-refractivity contribution in [2.24, 2.45) is 0 Å². The number of anilines is 2. The Kier molecular flexibility index (Phi) is 3.74. The van der Waals surface area contributed by atoms with Gasteiger partial charge in [0, 0.05) is 4.47 Å². The van der Waals surface area contributed by atoms with Crippen LogP contribution in [0.25, 0.3) is 0 Å². The molecule has 1 aromatic heterocycles. The number of nitrogens with two attached hydrogens (primary N) is 1. The molecule has 108 valence electrons. The molecule has 4 N–H and O–H groups in total. The van der Waals surface area contributed by atoms with Crippen LogP contribution in [0.5, 0.6) is 0 Å². The molecule has 0 aliphatic heterocycles. The molecule has 0 aliphatic carbocycles. The minimum absolute atomic E-state index is 0.0931. The van der Waals surface area contributed by atoms with Crippen molar-refractivity contribution in [1.82, 2.24) is 10.2 Å². The summed E-state index contributed by atoms with van der Waals surface area (Å²) in [5, 5.41) is 6.57. The average Bonchev–Trinajstić information content (AvgIpc) is 2.65. The standard InChI is InChI=1S/C11H12BrFN4O2S/c1-5-11(6(2)16-15-5)17-20(18,19)10-4-9(14)8(13)3-7(10)12/h3-4,17H,14H2,1-2H3,(H,15,16). The summed E-state index contributed by atoms with van der Waals surface area (Å²) in [4.78, 5) is -0.142. The van der Waals surface area contributed by atoms with Crippen LogP contribution >= 0.6 is 15.9 Å². The van der Waals surface area contributed by atoms with Gasteiger partial charge in [-0.3, -0.25) is 9.82 Å². The van der Waals surface area contributed by atoms with Crippen LogP contribution in [0, 0.1) is 19.7 Å². The highest BCUT2D eigenvalue weighted by molar-refractivity contribution is 9.10. The minimum Gasteiger partial charge on any atom is -0.396 e. The van der Waals surface area contributed by atoms with E-state index in [2.05, 4.69) is 30.8 Å². The van der Waals surface area contributed by atoms with E-state index >= 15 is 0 Å². The SMILES string of the molecule is Cc1n[nH]c(C)c1NS(=O)(=O)c1cc(N)c(F)cc1Br. The fourth-order valence-electron chi connectivity index (χ4n) is 1.64. The highest BCUT2D eigenvalue weighted by Crippen LogP contribution is 2.29. The zero-order chi connectivity index (χ0) is 15.1. The number of aromatic nitrogens is 2. The summed E-state index contributed by atoms with van der Waals surface area (Å²) >= 11 is 3.02. The van der Waals surface area contributed by atoms with Crippen molar-refractivity contribution in [3.8, 4) is 0 Å². The summed E-state index contributed by atoms with van der Waals surface area (Å²) in [6.45, 7) is 3.35. The predicted octanol–water partition coefficient (Wildman–Crippen LogP) is 2.31. The Bertz CT molecular complexity index is 753. The van der Waals surface area contributed by atoms with Gasteiger partial charge in [0.1, 0.15) is 10.7 Å². The van der Waals surface area contributed by atoms with E-state index in [0.717, 1.165) is 12.1 Å². The van der Waals surface area contributed by atoms with Gasteiger partial charge < -0.3 is 5.73 Å². The predicted molar refractivity (Wildman–Crippen MR) is 77.4 cm³/mol. The highest BCUT2D eigenvalue weighted by Gasteiger charge is 2.22. The van der Waals surface area contributed by atoms with Crippen molar-refractivity contribution in [1.29, 1.82) is 0 Å². The van der Waals surface area contributed by atoms with Crippen molar-refractivity contribution in [2.75, 3.05) is 10.5 Å². The fraction of sp³-hybridized carbons (Fsp3) is 0.182. The molecule has 0 atom stereocenters. The Hall–Kier alpha value is -1.61. The van der Waals surface area contributed by atoms with Gasteiger partial charge in [-0.15, -0.1) is 0 Å². The van der Waals surface area contributed by atoms with Crippen molar-refractivity contribution < 1.29 is 12.8 Å². The van der Waals surface area contributed by atoms with E-state index < -0.39 is 15.8 Å². The first-order valence-electron chi connectivity index (χ1n) is 5.51. The third-order valence-corrected chi connectivity index (χ3v) is 5.01. The Balaban J connectivity index is 2.49. The third-order valence-electron chi connectivity index (χ3n) is 2.71. The number of nitrogens with zero attached hydrogens (tertiary/aromatic N) is 1. The fourth-order valence-corrected chi connectivity index (χ4v) is 3.87. The summed E-state index contributed by atoms with van der Waals surface area (Å²) in [6.07, 6.45) is 0. The summed E-state index contributed by atoms with van der Waals surface area (Å²) in [5.41, 5.74) is 6.62. The monoisotopic (exact) mass is 362 g/mol. The zero-order valence-corrected chi connectivity index (χ0v) is 13.1. The largest absolute Gasteiger partial charge is 0.396 e. The summed E-state index contributed by atoms with van der Waals surface area (Å²) in [6, 6.07) is 2.07. The number of sulfonamides is 1. The molecule has 9 heteroatoms. The molecule has 6 nitrogen and oxygen atoms in total. The quantitative estimate of drug-likeness (QED) is 0.729. The van der Waals surface area contributed by atoms with E-state index in [1.165, 1.54) is 0 Å². The molecule has 0 radical (unpaired) electrons. The lowest BCUT2D eigenvalue weighted by atomic mass is 10.3. The Morgan fingerprint density at radius 2 is 2.05 bits per heavy atom. The van der Waals surface area contributed by atoms with E-state index in [0.29, 0.717) is 17.1 Å². The molecule has 0 unspecified atom stereocenters. The number of benzene rings is 1. The lowest BCUT2D eigenvalue weighted by Gasteiger charge is -2.11. The number of halogens is 2. The van der Waals surface area contributed by atoms with E-state index in [-0.39, 0.29) is 15.1 Å². The molecule has 0 fully saturated rings. The summed E-state index contributed by atoms with van der Waals surface area (Å²) < 4.78 is 40.4. The van der Waals surface area contributed by atoms with Gasteiger partial charge in [-0.05, 0) is 41.9 Å². The molecule has 1 heterocycles. The van der Waals surface area contributed by atoms with Crippen LogP contribution in [0.1, 0.15) is 11.4 Å². The Labute approximate surface area is 123 Å². The normalized spacial score (nSPS) is 11.6. The molecule has 0 spiro atoms. The second-order valence-corrected chi connectivity index (χ2v) is 6.72. The van der Waals surface area contributed by atoms with E-state index in [9.17, 15) is 12.8 Å². The van der Waals surface area contributed by atoms with Crippen LogP contribution < -0.4 is 10.5 Å². The second kappa shape index (κ2) is 5.06. The van der Waals surface area contributed by atoms with Gasteiger partial charge in [-0.25, -0.2) is 12.8 Å². The number of rotatable bonds is 3. The maximum atomic E-state index is 13.3. The van der Waals surface area contributed by atoms with Crippen LogP contribution in [0.15, 0.2) is 21.5 Å². The molecule has 20 heavy (non-hydrogen) atoms. The maximum absolute atomic E-state index is 13.3. The first-order valence-corrected chi connectivity index (χ1v) is 7.79. The number of aryl methyl sites for hydroxylation is 2. The van der Waals surface area contributed by atoms with Gasteiger partial charge in [-0.1, -0.05) is 0 Å². The molecule has 0 aliphatic rings. The molecule has 0 saturated carbocycles. The minimum atomic E-state index is -3.90. The van der Waals surface area contributed by atoms with Gasteiger partial charge in [0.15, 0.2) is 0 Å². The maximum Gasteiger partial charge on any atom is 0.263 e. The van der Waals surface area contributed by atoms with Crippen LogP contribution in [0.3, 0.4) is 0 Å². The van der Waals surface area contributed by atoms with Crippen molar-refractivity contribution >= 4 is 37.3 Å². The lowest BCUT2D eigenvalue weighted by Crippen LogP contribution is -2.15. The van der Waals surface area contributed by atoms with Crippen LogP contribution in [0.4, 0.5) is 15.8 Å². The van der Waals surface area contributed by atoms with Gasteiger partial charge in [-0.2, -0.15) is 5.10 Å². The topological polar surface area (TPSA) is 101 Å². The Morgan fingerprint density at radius 3 is 2.60 bits per heavy atom. The average molecular weight is 363 g/mol. The van der Waals surface area contributed by atoms with E-state index in [1.807, 2.05) is 0 Å². The lowest BCUT2D eigenvalue weighted by molar-refractivity contribution is 0.599. The molecule has 0 saturated heterocycles. The van der Waals surface area contributed by atoms with E-state index in [1.54, 1.807) is 13.8 Å². The molecule has 2 rings (SSSR count). The van der Waals surface area contributed by atoms with Crippen molar-refractivity contribution in [2.45, 2.75) is 18.7 Å². The van der Waals surface area contributed by atoms with Gasteiger partial charge in [0.2, 0.25) is 0 Å². The third kappa shape index (κ3) is 2.63. The van der Waals surface area contributed by atoms with Crippen LogP contribution in [-0.2, 0) is 10.0 Å². The number of H-pyrrole nitrogens is 1. The first-order chi connectivity index (χ1) is 9.22. The number of hydrogen-bond donors (Lipinski definition) is 3. The number of hydrogen-bond acceptors (Lipinski definition) is 4. The molecule has 2 aromatic rings. The summed E-state index contributed by atoms with van der Waals surface area (Å²) in [7, 11) is -3.90. The summed E-state index contributed by atoms with van der Waals surface area (Å²) in [5.74, 6) is -0.688.